The molecule has 5 heteroatoms. The molecule has 0 saturated carbocycles. The largest absolute Gasteiger partial charge is 0.353 e. The molecule has 0 spiro atoms. The third-order valence-corrected chi connectivity index (χ3v) is 7.24. The van der Waals surface area contributed by atoms with E-state index in [1.54, 1.807) is 7.11 Å². The summed E-state index contributed by atoms with van der Waals surface area (Å²) in [4.78, 5) is 0. The maximum Gasteiger partial charge on any atom is 0.172 e. The summed E-state index contributed by atoms with van der Waals surface area (Å²) in [6, 6.07) is 0. The van der Waals surface area contributed by atoms with Gasteiger partial charge in [-0.15, -0.1) is 23.5 Å². The molecule has 0 bridgehead atoms. The average Bonchev–Trinajstić information content (AvgIpc) is 2.35. The van der Waals surface area contributed by atoms with Gasteiger partial charge >= 0.3 is 0 Å². The van der Waals surface area contributed by atoms with Crippen LogP contribution in [0.2, 0.25) is 0 Å². The maximum absolute atomic E-state index is 6.03. The predicted molar refractivity (Wildman–Crippen MR) is 75.1 cm³/mol. The van der Waals surface area contributed by atoms with E-state index in [4.69, 9.17) is 9.47 Å². The second-order valence-electron chi connectivity index (χ2n) is 5.39. The van der Waals surface area contributed by atoms with Gasteiger partial charge in [-0.1, -0.05) is 13.8 Å². The van der Waals surface area contributed by atoms with Crippen LogP contribution in [0.5, 0.6) is 0 Å². The van der Waals surface area contributed by atoms with Crippen molar-refractivity contribution in [2.45, 2.75) is 37.6 Å². The van der Waals surface area contributed by atoms with Gasteiger partial charge in [0.2, 0.25) is 0 Å². The van der Waals surface area contributed by atoms with E-state index in [0.29, 0.717) is 10.5 Å². The van der Waals surface area contributed by atoms with Crippen LogP contribution in [0.25, 0.3) is 0 Å². The first-order valence-corrected chi connectivity index (χ1v) is 8.24. The van der Waals surface area contributed by atoms with Crippen molar-refractivity contribution < 1.29 is 9.47 Å². The second kappa shape index (κ2) is 5.29. The topological polar surface area (TPSA) is 30.5 Å². The Morgan fingerprint density at radius 2 is 1.94 bits per heavy atom. The van der Waals surface area contributed by atoms with Crippen LogP contribution >= 0.6 is 23.5 Å². The highest BCUT2D eigenvalue weighted by atomic mass is 32.2. The Labute approximate surface area is 113 Å². The van der Waals surface area contributed by atoms with E-state index in [9.17, 15) is 0 Å². The minimum absolute atomic E-state index is 0.0663. The van der Waals surface area contributed by atoms with E-state index in [2.05, 4.69) is 26.1 Å². The van der Waals surface area contributed by atoms with Gasteiger partial charge in [-0.05, 0) is 19.3 Å². The lowest BCUT2D eigenvalue weighted by Gasteiger charge is -2.54. The summed E-state index contributed by atoms with van der Waals surface area (Å²) in [5.41, 5.74) is 0.0663. The summed E-state index contributed by atoms with van der Waals surface area (Å²) in [6.45, 7) is 7.49. The van der Waals surface area contributed by atoms with Crippen molar-refractivity contribution in [2.24, 2.45) is 11.3 Å². The SMILES string of the molecule is COC1(C)OCC(C)CC1(C)C1SCNCS1. The molecule has 2 saturated heterocycles. The molecule has 0 aromatic rings. The molecule has 2 heterocycles. The Kier molecular flexibility index (Phi) is 4.36. The van der Waals surface area contributed by atoms with Crippen molar-refractivity contribution >= 4 is 23.5 Å². The van der Waals surface area contributed by atoms with Crippen LogP contribution < -0.4 is 5.32 Å². The molecule has 0 radical (unpaired) electrons. The molecule has 2 rings (SSSR count). The van der Waals surface area contributed by atoms with E-state index in [0.717, 1.165) is 18.4 Å². The molecule has 0 amide bonds. The van der Waals surface area contributed by atoms with Crippen LogP contribution in [-0.2, 0) is 9.47 Å². The van der Waals surface area contributed by atoms with Gasteiger partial charge in [-0.3, -0.25) is 5.32 Å². The first-order chi connectivity index (χ1) is 8.02. The molecule has 2 aliphatic heterocycles. The summed E-state index contributed by atoms with van der Waals surface area (Å²) in [6.07, 6.45) is 1.17. The lowest BCUT2D eigenvalue weighted by molar-refractivity contribution is -0.299. The smallest absolute Gasteiger partial charge is 0.172 e. The van der Waals surface area contributed by atoms with Crippen molar-refractivity contribution in [2.75, 3.05) is 25.5 Å². The zero-order chi connectivity index (χ0) is 12.5. The highest BCUT2D eigenvalue weighted by molar-refractivity contribution is 8.17. The molecule has 2 fully saturated rings. The third kappa shape index (κ3) is 2.50. The molecule has 0 aromatic carbocycles. The summed E-state index contributed by atoms with van der Waals surface area (Å²) in [5, 5.41) is 3.37. The molecule has 0 aliphatic carbocycles. The van der Waals surface area contributed by atoms with E-state index in [1.807, 2.05) is 23.5 Å². The number of ether oxygens (including phenoxy) is 2. The molecule has 0 aromatic heterocycles. The van der Waals surface area contributed by atoms with E-state index < -0.39 is 5.79 Å². The van der Waals surface area contributed by atoms with Gasteiger partial charge in [0.1, 0.15) is 0 Å². The Morgan fingerprint density at radius 1 is 1.29 bits per heavy atom. The van der Waals surface area contributed by atoms with E-state index in [1.165, 1.54) is 6.42 Å². The molecule has 17 heavy (non-hydrogen) atoms. The molecular formula is C12H23NO2S2. The quantitative estimate of drug-likeness (QED) is 0.838. The minimum atomic E-state index is -0.457. The first-order valence-electron chi connectivity index (χ1n) is 6.15. The van der Waals surface area contributed by atoms with Crippen molar-refractivity contribution in [1.29, 1.82) is 0 Å². The molecule has 3 nitrogen and oxygen atoms in total. The van der Waals surface area contributed by atoms with Crippen molar-refractivity contribution in [1.82, 2.24) is 5.32 Å². The van der Waals surface area contributed by atoms with E-state index in [-0.39, 0.29) is 5.41 Å². The lowest BCUT2D eigenvalue weighted by Crippen LogP contribution is -2.57. The van der Waals surface area contributed by atoms with Crippen LogP contribution in [0.1, 0.15) is 27.2 Å². The van der Waals surface area contributed by atoms with Crippen molar-refractivity contribution in [3.63, 3.8) is 0 Å². The van der Waals surface area contributed by atoms with Gasteiger partial charge in [0, 0.05) is 24.3 Å². The molecule has 100 valence electrons. The highest BCUT2D eigenvalue weighted by Crippen LogP contribution is 2.54. The minimum Gasteiger partial charge on any atom is -0.353 e. The normalized spacial score (nSPS) is 44.8. The predicted octanol–water partition coefficient (Wildman–Crippen LogP) is 2.72. The summed E-state index contributed by atoms with van der Waals surface area (Å²) >= 11 is 3.96. The second-order valence-corrected chi connectivity index (χ2v) is 7.88. The highest BCUT2D eigenvalue weighted by Gasteiger charge is 2.55. The molecule has 2 aliphatic rings. The average molecular weight is 277 g/mol. The van der Waals surface area contributed by atoms with Crippen LogP contribution in [-0.4, -0.2) is 35.8 Å². The third-order valence-electron chi connectivity index (χ3n) is 4.04. The molecular weight excluding hydrogens is 254 g/mol. The van der Waals surface area contributed by atoms with Gasteiger partial charge in [0.25, 0.3) is 0 Å². The van der Waals surface area contributed by atoms with Gasteiger partial charge in [0.05, 0.1) is 11.2 Å². The summed E-state index contributed by atoms with van der Waals surface area (Å²) in [7, 11) is 1.77. The Hall–Kier alpha value is 0.580. The standard InChI is InChI=1S/C12H23NO2S2/c1-9-5-11(2,10-16-7-13-8-17-10)12(3,14-4)15-6-9/h9-10,13H,5-8H2,1-4H3. The zero-order valence-electron chi connectivity index (χ0n) is 11.1. The molecule has 3 atom stereocenters. The summed E-state index contributed by atoms with van der Waals surface area (Å²) < 4.78 is 12.3. The maximum atomic E-state index is 6.03. The Balaban J connectivity index is 2.21. The number of rotatable bonds is 2. The van der Waals surface area contributed by atoms with E-state index >= 15 is 0 Å². The Morgan fingerprint density at radius 3 is 2.53 bits per heavy atom. The fourth-order valence-corrected chi connectivity index (χ4v) is 5.78. The molecule has 3 unspecified atom stereocenters. The van der Waals surface area contributed by atoms with Gasteiger partial charge in [-0.2, -0.15) is 0 Å². The van der Waals surface area contributed by atoms with Crippen molar-refractivity contribution in [3.8, 4) is 0 Å². The van der Waals surface area contributed by atoms with Crippen LogP contribution in [0.4, 0.5) is 0 Å². The van der Waals surface area contributed by atoms with Crippen LogP contribution in [0, 0.1) is 11.3 Å². The fraction of sp³-hybridized carbons (Fsp3) is 1.00. The zero-order valence-corrected chi connectivity index (χ0v) is 12.7. The van der Waals surface area contributed by atoms with Gasteiger partial charge < -0.3 is 9.47 Å². The number of thioether (sulfide) groups is 2. The number of nitrogens with one attached hydrogen (secondary N) is 1. The number of hydrogen-bond donors (Lipinski definition) is 1. The van der Waals surface area contributed by atoms with Crippen LogP contribution in [0.15, 0.2) is 0 Å². The summed E-state index contributed by atoms with van der Waals surface area (Å²) in [5.74, 6) is 2.21. The molecule has 1 N–H and O–H groups in total. The fourth-order valence-electron chi connectivity index (χ4n) is 2.76. The number of methoxy groups -OCH3 is 1. The lowest BCUT2D eigenvalue weighted by atomic mass is 9.74. The van der Waals surface area contributed by atoms with Gasteiger partial charge in [-0.25, -0.2) is 0 Å². The van der Waals surface area contributed by atoms with Gasteiger partial charge in [0.15, 0.2) is 5.79 Å². The van der Waals surface area contributed by atoms with Crippen molar-refractivity contribution in [3.05, 3.63) is 0 Å². The first kappa shape index (κ1) is 14.0. The number of hydrogen-bond acceptors (Lipinski definition) is 5. The monoisotopic (exact) mass is 277 g/mol. The van der Waals surface area contributed by atoms with Crippen LogP contribution in [0.3, 0.4) is 0 Å². The Bertz CT molecular complexity index is 273.